The van der Waals surface area contributed by atoms with Gasteiger partial charge in [0.05, 0.1) is 0 Å². The third-order valence-corrected chi connectivity index (χ3v) is 1.28. The van der Waals surface area contributed by atoms with E-state index in [2.05, 4.69) is 4.52 Å². The second-order valence-corrected chi connectivity index (χ2v) is 2.26. The molecule has 0 spiro atoms. The van der Waals surface area contributed by atoms with Gasteiger partial charge >= 0.3 is 20.4 Å². The number of hydrogen-bond donors (Lipinski definition) is 0. The van der Waals surface area contributed by atoms with Crippen molar-refractivity contribution >= 4 is 8.60 Å². The summed E-state index contributed by atoms with van der Waals surface area (Å²) in [6.07, 6.45) is 0. The first-order chi connectivity index (χ1) is 4.79. The van der Waals surface area contributed by atoms with Crippen LogP contribution >= 0.6 is 8.60 Å². The van der Waals surface area contributed by atoms with Crippen molar-refractivity contribution in [3.63, 3.8) is 0 Å². The maximum atomic E-state index is 9.98. The molecule has 0 unspecified atom stereocenters. The molecule has 0 aromatic heterocycles. The molecule has 0 saturated heterocycles. The van der Waals surface area contributed by atoms with Gasteiger partial charge in [-0.3, -0.25) is 0 Å². The van der Waals surface area contributed by atoms with E-state index in [1.165, 1.54) is 0 Å². The predicted molar refractivity (Wildman–Crippen MR) is 34.0 cm³/mol. The standard InChI is InChI=1S/C6H5O3P.Pd/c7-10(8)9-6-4-2-1-3-5-6;/h1-5H;/q-2;+2. The van der Waals surface area contributed by atoms with Gasteiger partial charge in [-0.2, -0.15) is 0 Å². The van der Waals surface area contributed by atoms with Gasteiger partial charge in [-0.1, -0.05) is 26.8 Å². The van der Waals surface area contributed by atoms with Crippen molar-refractivity contribution in [2.24, 2.45) is 0 Å². The van der Waals surface area contributed by atoms with Crippen molar-refractivity contribution in [1.29, 1.82) is 0 Å². The van der Waals surface area contributed by atoms with Crippen LogP contribution in [0.5, 0.6) is 5.75 Å². The fourth-order valence-electron chi connectivity index (χ4n) is 0.567. The minimum atomic E-state index is -2.78. The van der Waals surface area contributed by atoms with Gasteiger partial charge in [-0.15, -0.1) is 0 Å². The van der Waals surface area contributed by atoms with Gasteiger partial charge < -0.3 is 14.3 Å². The quantitative estimate of drug-likeness (QED) is 0.557. The van der Waals surface area contributed by atoms with Gasteiger partial charge in [0.15, 0.2) is 0 Å². The zero-order chi connectivity index (χ0) is 7.40. The Morgan fingerprint density at radius 2 is 1.64 bits per heavy atom. The first-order valence-electron chi connectivity index (χ1n) is 2.66. The van der Waals surface area contributed by atoms with Crippen LogP contribution in [0.4, 0.5) is 0 Å². The van der Waals surface area contributed by atoms with E-state index in [1.807, 2.05) is 0 Å². The van der Waals surface area contributed by atoms with Crippen molar-refractivity contribution in [2.75, 3.05) is 0 Å². The summed E-state index contributed by atoms with van der Waals surface area (Å²) in [6, 6.07) is 8.34. The average molecular weight is 262 g/mol. The summed E-state index contributed by atoms with van der Waals surface area (Å²) in [5, 5.41) is 0. The molecule has 0 N–H and O–H groups in total. The Kier molecular flexibility index (Phi) is 5.67. The van der Waals surface area contributed by atoms with Crippen LogP contribution in [0.15, 0.2) is 30.3 Å². The Bertz CT molecular complexity index is 192. The molecule has 62 valence electrons. The van der Waals surface area contributed by atoms with E-state index in [0.717, 1.165) is 0 Å². The molecule has 1 aromatic rings. The first-order valence-corrected chi connectivity index (χ1v) is 3.76. The molecular weight excluding hydrogens is 257 g/mol. The maximum Gasteiger partial charge on any atom is 2.00 e. The third-order valence-electron chi connectivity index (χ3n) is 0.923. The van der Waals surface area contributed by atoms with Crippen LogP contribution < -0.4 is 14.3 Å². The second kappa shape index (κ2) is 5.65. The number of para-hydroxylation sites is 1. The summed E-state index contributed by atoms with van der Waals surface area (Å²) in [5.74, 6) is 0.346. The zero-order valence-corrected chi connectivity index (χ0v) is 7.82. The fourth-order valence-corrected chi connectivity index (χ4v) is 0.861. The first kappa shape index (κ1) is 11.0. The fraction of sp³-hybridized carbons (Fsp3) is 0. The molecule has 0 amide bonds. The number of hydrogen-bond acceptors (Lipinski definition) is 3. The molecule has 0 atom stereocenters. The van der Waals surface area contributed by atoms with Crippen LogP contribution in [-0.2, 0) is 20.4 Å². The maximum absolute atomic E-state index is 9.98. The Morgan fingerprint density at radius 1 is 1.09 bits per heavy atom. The largest absolute Gasteiger partial charge is 2.00 e. The molecule has 0 heterocycles. The summed E-state index contributed by atoms with van der Waals surface area (Å²) in [7, 11) is -2.78. The molecule has 1 rings (SSSR count). The van der Waals surface area contributed by atoms with Crippen molar-refractivity contribution < 1.29 is 34.7 Å². The van der Waals surface area contributed by atoms with Crippen LogP contribution in [0.25, 0.3) is 0 Å². The summed E-state index contributed by atoms with van der Waals surface area (Å²) in [5.41, 5.74) is 0. The van der Waals surface area contributed by atoms with E-state index in [9.17, 15) is 9.79 Å². The molecule has 0 fully saturated rings. The van der Waals surface area contributed by atoms with Gasteiger partial charge in [-0.05, 0) is 12.1 Å². The number of benzene rings is 1. The Balaban J connectivity index is 0.000001000. The molecular formula is C6H5O3PPd. The molecule has 0 radical (unpaired) electrons. The molecule has 0 bridgehead atoms. The summed E-state index contributed by atoms with van der Waals surface area (Å²) in [6.45, 7) is 0. The molecule has 3 nitrogen and oxygen atoms in total. The van der Waals surface area contributed by atoms with E-state index >= 15 is 0 Å². The zero-order valence-electron chi connectivity index (χ0n) is 5.37. The Labute approximate surface area is 79.7 Å². The van der Waals surface area contributed by atoms with E-state index in [-0.39, 0.29) is 20.4 Å². The Morgan fingerprint density at radius 3 is 2.09 bits per heavy atom. The topological polar surface area (TPSA) is 55.3 Å². The third kappa shape index (κ3) is 4.47. The molecule has 0 aliphatic rings. The molecule has 11 heavy (non-hydrogen) atoms. The van der Waals surface area contributed by atoms with Gasteiger partial charge in [0, 0.05) is 0 Å². The van der Waals surface area contributed by atoms with Crippen molar-refractivity contribution in [3.8, 4) is 5.75 Å². The van der Waals surface area contributed by atoms with E-state index < -0.39 is 8.60 Å². The summed E-state index contributed by atoms with van der Waals surface area (Å²) in [4.78, 5) is 20.0. The van der Waals surface area contributed by atoms with Crippen molar-refractivity contribution in [1.82, 2.24) is 0 Å². The van der Waals surface area contributed by atoms with Crippen LogP contribution in [0.3, 0.4) is 0 Å². The van der Waals surface area contributed by atoms with Crippen molar-refractivity contribution in [2.45, 2.75) is 0 Å². The molecule has 1 aromatic carbocycles. The van der Waals surface area contributed by atoms with Gasteiger partial charge in [0.1, 0.15) is 5.75 Å². The van der Waals surface area contributed by atoms with Crippen LogP contribution in [0.2, 0.25) is 0 Å². The normalized spacial score (nSPS) is 9.00. The van der Waals surface area contributed by atoms with Crippen molar-refractivity contribution in [3.05, 3.63) is 30.3 Å². The van der Waals surface area contributed by atoms with Gasteiger partial charge in [-0.25, -0.2) is 0 Å². The second-order valence-electron chi connectivity index (χ2n) is 1.63. The van der Waals surface area contributed by atoms with E-state index in [4.69, 9.17) is 0 Å². The average Bonchev–Trinajstić information content (AvgIpc) is 1.88. The smallest absolute Gasteiger partial charge is 0.810 e. The van der Waals surface area contributed by atoms with E-state index in [1.54, 1.807) is 30.3 Å². The summed E-state index contributed by atoms with van der Waals surface area (Å²) >= 11 is 0. The predicted octanol–water partition coefficient (Wildman–Crippen LogP) is 0.0104. The monoisotopic (exact) mass is 262 g/mol. The molecule has 0 saturated carbocycles. The minimum Gasteiger partial charge on any atom is -0.810 e. The minimum absolute atomic E-state index is 0. The SMILES string of the molecule is [O-]P([O-])Oc1ccccc1.[Pd+2]. The number of rotatable bonds is 2. The van der Waals surface area contributed by atoms with E-state index in [0.29, 0.717) is 5.75 Å². The summed E-state index contributed by atoms with van der Waals surface area (Å²) < 4.78 is 4.37. The van der Waals surface area contributed by atoms with Gasteiger partial charge in [0.25, 0.3) is 0 Å². The molecule has 0 aliphatic carbocycles. The Hall–Kier alpha value is 0.0323. The molecule has 0 aliphatic heterocycles. The molecule has 5 heteroatoms. The van der Waals surface area contributed by atoms with Crippen LogP contribution in [-0.4, -0.2) is 0 Å². The van der Waals surface area contributed by atoms with Crippen LogP contribution in [0, 0.1) is 0 Å². The van der Waals surface area contributed by atoms with Gasteiger partial charge in [0.2, 0.25) is 0 Å². The van der Waals surface area contributed by atoms with Crippen LogP contribution in [0.1, 0.15) is 0 Å².